The zero-order chi connectivity index (χ0) is 17.8. The van der Waals surface area contributed by atoms with Crippen LogP contribution in [0, 0.1) is 10.1 Å². The Balaban J connectivity index is 1.72. The molecule has 1 aromatic carbocycles. The van der Waals surface area contributed by atoms with Crippen LogP contribution < -0.4 is 9.64 Å². The van der Waals surface area contributed by atoms with Gasteiger partial charge >= 0.3 is 5.69 Å². The molecule has 2 aliphatic heterocycles. The molecule has 0 bridgehead atoms. The van der Waals surface area contributed by atoms with E-state index in [0.717, 1.165) is 38.2 Å². The van der Waals surface area contributed by atoms with Crippen LogP contribution in [0.25, 0.3) is 0 Å². The summed E-state index contributed by atoms with van der Waals surface area (Å²) >= 11 is 3.47. The van der Waals surface area contributed by atoms with Gasteiger partial charge in [-0.1, -0.05) is 0 Å². The van der Waals surface area contributed by atoms with Crippen molar-refractivity contribution in [3.63, 3.8) is 0 Å². The summed E-state index contributed by atoms with van der Waals surface area (Å²) in [6.07, 6.45) is 9.41. The molecule has 1 saturated heterocycles. The first-order valence-electron chi connectivity index (χ1n) is 8.10. The summed E-state index contributed by atoms with van der Waals surface area (Å²) in [6.45, 7) is 2.59. The molecule has 8 heteroatoms. The van der Waals surface area contributed by atoms with Crippen LogP contribution in [0.15, 0.2) is 41.4 Å². The Hall–Kier alpha value is -2.22. The number of rotatable bonds is 4. The third-order valence-corrected chi connectivity index (χ3v) is 5.18. The zero-order valence-electron chi connectivity index (χ0n) is 13.9. The summed E-state index contributed by atoms with van der Waals surface area (Å²) in [5.74, 6) is 0.281. The number of hydrogen-bond acceptors (Lipinski definition) is 6. The van der Waals surface area contributed by atoms with Crippen LogP contribution in [0.2, 0.25) is 0 Å². The fourth-order valence-corrected chi connectivity index (χ4v) is 3.81. The van der Waals surface area contributed by atoms with Crippen molar-refractivity contribution >= 4 is 27.3 Å². The highest BCUT2D eigenvalue weighted by Crippen LogP contribution is 2.39. The molecule has 0 aliphatic carbocycles. The van der Waals surface area contributed by atoms with Gasteiger partial charge in [-0.05, 0) is 34.8 Å². The van der Waals surface area contributed by atoms with Crippen LogP contribution >= 0.6 is 15.9 Å². The summed E-state index contributed by atoms with van der Waals surface area (Å²) in [7, 11) is 1.45. The van der Waals surface area contributed by atoms with E-state index in [1.54, 1.807) is 18.6 Å². The maximum Gasteiger partial charge on any atom is 0.312 e. The van der Waals surface area contributed by atoms with Crippen molar-refractivity contribution in [2.75, 3.05) is 31.6 Å². The van der Waals surface area contributed by atoms with Crippen molar-refractivity contribution in [1.82, 2.24) is 4.90 Å². The van der Waals surface area contributed by atoms with Gasteiger partial charge in [-0.25, -0.2) is 0 Å². The standard InChI is InChI=1S/C17H20BrN3O4/c1-24-17-12-15(14(18)11-16(17)21(22)23)20-6-3-13(4-7-20)19-5-2-9-25-10-8-19/h2,8-13H,3-7H2,1H3. The first-order valence-corrected chi connectivity index (χ1v) is 8.89. The van der Waals surface area contributed by atoms with Crippen molar-refractivity contribution in [3.8, 4) is 5.75 Å². The average Bonchev–Trinajstić information content (AvgIpc) is 2.91. The normalized spacial score (nSPS) is 18.0. The lowest BCUT2D eigenvalue weighted by molar-refractivity contribution is -0.385. The van der Waals surface area contributed by atoms with E-state index in [1.165, 1.54) is 13.2 Å². The van der Waals surface area contributed by atoms with E-state index in [4.69, 9.17) is 9.47 Å². The lowest BCUT2D eigenvalue weighted by Gasteiger charge is -2.38. The number of nitro benzene ring substituents is 1. The highest BCUT2D eigenvalue weighted by atomic mass is 79.9. The number of benzene rings is 1. The topological polar surface area (TPSA) is 68.1 Å². The van der Waals surface area contributed by atoms with Crippen molar-refractivity contribution in [2.45, 2.75) is 18.9 Å². The molecule has 2 heterocycles. The summed E-state index contributed by atoms with van der Waals surface area (Å²) < 4.78 is 11.1. The highest BCUT2D eigenvalue weighted by Gasteiger charge is 2.26. The van der Waals surface area contributed by atoms with Crippen LogP contribution in [0.4, 0.5) is 11.4 Å². The molecule has 3 rings (SSSR count). The fraction of sp³-hybridized carbons (Fsp3) is 0.412. The van der Waals surface area contributed by atoms with Gasteiger partial charge in [-0.2, -0.15) is 0 Å². The number of halogens is 1. The second-order valence-electron chi connectivity index (χ2n) is 5.94. The second kappa shape index (κ2) is 7.77. The molecule has 1 fully saturated rings. The molecule has 0 unspecified atom stereocenters. The van der Waals surface area contributed by atoms with Crippen molar-refractivity contribution in [3.05, 3.63) is 51.5 Å². The van der Waals surface area contributed by atoms with Gasteiger partial charge in [0.1, 0.15) is 6.26 Å². The Morgan fingerprint density at radius 3 is 2.76 bits per heavy atom. The number of anilines is 1. The molecule has 7 nitrogen and oxygen atoms in total. The molecule has 0 amide bonds. The smallest absolute Gasteiger partial charge is 0.312 e. The lowest BCUT2D eigenvalue weighted by atomic mass is 10.0. The zero-order valence-corrected chi connectivity index (χ0v) is 15.5. The summed E-state index contributed by atoms with van der Waals surface area (Å²) in [6, 6.07) is 3.71. The largest absolute Gasteiger partial charge is 0.490 e. The molecule has 2 aliphatic rings. The van der Waals surface area contributed by atoms with Crippen molar-refractivity contribution < 1.29 is 14.4 Å². The Bertz CT molecular complexity index is 699. The van der Waals surface area contributed by atoms with Gasteiger partial charge in [0.05, 0.1) is 24.0 Å². The van der Waals surface area contributed by atoms with E-state index in [0.29, 0.717) is 10.5 Å². The van der Waals surface area contributed by atoms with E-state index >= 15 is 0 Å². The quantitative estimate of drug-likeness (QED) is 0.558. The number of nitrogens with zero attached hydrogens (tertiary/aromatic N) is 3. The van der Waals surface area contributed by atoms with Gasteiger partial charge in [0, 0.05) is 48.5 Å². The van der Waals surface area contributed by atoms with Crippen molar-refractivity contribution in [2.24, 2.45) is 0 Å². The molecule has 0 radical (unpaired) electrons. The highest BCUT2D eigenvalue weighted by molar-refractivity contribution is 9.10. The molecular weight excluding hydrogens is 390 g/mol. The molecule has 0 aromatic heterocycles. The SMILES string of the molecule is COc1cc(N2CCC(N3C=COC=CC3)CC2)c(Br)cc1[N+](=O)[O-]. The summed E-state index contributed by atoms with van der Waals surface area (Å²) in [5, 5.41) is 11.1. The van der Waals surface area contributed by atoms with Gasteiger partial charge < -0.3 is 19.3 Å². The molecule has 0 N–H and O–H groups in total. The molecule has 0 atom stereocenters. The molecule has 134 valence electrons. The Morgan fingerprint density at radius 2 is 2.08 bits per heavy atom. The number of ether oxygens (including phenoxy) is 2. The third kappa shape index (κ3) is 3.89. The van der Waals surface area contributed by atoms with Crippen LogP contribution in [0.1, 0.15) is 12.8 Å². The van der Waals surface area contributed by atoms with Gasteiger partial charge in [0.2, 0.25) is 0 Å². The number of hydrogen-bond donors (Lipinski definition) is 0. The molecule has 25 heavy (non-hydrogen) atoms. The molecule has 0 saturated carbocycles. The minimum atomic E-state index is -0.430. The lowest BCUT2D eigenvalue weighted by Crippen LogP contribution is -2.43. The third-order valence-electron chi connectivity index (χ3n) is 4.54. The Labute approximate surface area is 154 Å². The first kappa shape index (κ1) is 17.6. The summed E-state index contributed by atoms with van der Waals surface area (Å²) in [4.78, 5) is 15.2. The van der Waals surface area contributed by atoms with Gasteiger partial charge in [-0.15, -0.1) is 0 Å². The van der Waals surface area contributed by atoms with Gasteiger partial charge in [0.25, 0.3) is 0 Å². The van der Waals surface area contributed by atoms with Crippen LogP contribution in [0.3, 0.4) is 0 Å². The molecular formula is C17H20BrN3O4. The Kier molecular flexibility index (Phi) is 5.47. The average molecular weight is 410 g/mol. The maximum atomic E-state index is 11.1. The molecule has 1 aromatic rings. The van der Waals surface area contributed by atoms with E-state index < -0.39 is 4.92 Å². The fourth-order valence-electron chi connectivity index (χ4n) is 3.23. The van der Waals surface area contributed by atoms with Crippen LogP contribution in [0.5, 0.6) is 5.75 Å². The van der Waals surface area contributed by atoms with Crippen LogP contribution in [-0.4, -0.2) is 42.6 Å². The van der Waals surface area contributed by atoms with Crippen molar-refractivity contribution in [1.29, 1.82) is 0 Å². The number of methoxy groups -OCH3 is 1. The Morgan fingerprint density at radius 1 is 1.32 bits per heavy atom. The van der Waals surface area contributed by atoms with E-state index in [1.807, 2.05) is 12.3 Å². The minimum absolute atomic E-state index is 0.0329. The first-order chi connectivity index (χ1) is 12.1. The van der Waals surface area contributed by atoms with E-state index in [9.17, 15) is 10.1 Å². The summed E-state index contributed by atoms with van der Waals surface area (Å²) in [5.41, 5.74) is 0.894. The molecule has 0 spiro atoms. The van der Waals surface area contributed by atoms with Crippen LogP contribution in [-0.2, 0) is 4.74 Å². The maximum absolute atomic E-state index is 11.1. The van der Waals surface area contributed by atoms with Gasteiger partial charge in [-0.3, -0.25) is 10.1 Å². The number of nitro groups is 1. The predicted molar refractivity (Wildman–Crippen MR) is 98.7 cm³/mol. The van der Waals surface area contributed by atoms with Gasteiger partial charge in [0.15, 0.2) is 5.75 Å². The second-order valence-corrected chi connectivity index (χ2v) is 6.79. The van der Waals surface area contributed by atoms with E-state index in [-0.39, 0.29) is 11.4 Å². The van der Waals surface area contributed by atoms with E-state index in [2.05, 4.69) is 25.7 Å². The predicted octanol–water partition coefficient (Wildman–Crippen LogP) is 3.65. The minimum Gasteiger partial charge on any atom is -0.490 e. The number of piperidine rings is 1. The monoisotopic (exact) mass is 409 g/mol.